The van der Waals surface area contributed by atoms with Crippen molar-refractivity contribution in [1.82, 2.24) is 9.13 Å². The van der Waals surface area contributed by atoms with Gasteiger partial charge in [0.1, 0.15) is 11.4 Å². The average molecular weight is 340 g/mol. The molecule has 0 spiro atoms. The minimum absolute atomic E-state index is 0.0469. The number of nitrogens with zero attached hydrogens (tertiary/aromatic N) is 2. The fourth-order valence-electron chi connectivity index (χ4n) is 3.06. The van der Waals surface area contributed by atoms with Gasteiger partial charge in [0.15, 0.2) is 0 Å². The first-order valence-corrected chi connectivity index (χ1v) is 8.29. The third kappa shape index (κ3) is 2.63. The molecule has 0 radical (unpaired) electrons. The zero-order valence-corrected chi connectivity index (χ0v) is 13.7. The van der Waals surface area contributed by atoms with Crippen LogP contribution in [-0.2, 0) is 4.74 Å². The molecule has 4 rings (SSSR count). The number of esters is 1. The SMILES string of the molecule is CCOC(=O)c1cn(C2CC2)c2cc(-n3cccc3)c(F)cc2c1=O. The Bertz CT molecular complexity index is 1020. The normalized spacial score (nSPS) is 14.0. The lowest BCUT2D eigenvalue weighted by Gasteiger charge is -2.14. The first-order valence-electron chi connectivity index (χ1n) is 8.29. The van der Waals surface area contributed by atoms with Crippen LogP contribution in [0.1, 0.15) is 36.2 Å². The van der Waals surface area contributed by atoms with Gasteiger partial charge in [-0.05, 0) is 44.0 Å². The Balaban J connectivity index is 2.00. The van der Waals surface area contributed by atoms with Crippen LogP contribution in [0, 0.1) is 5.82 Å². The van der Waals surface area contributed by atoms with Crippen molar-refractivity contribution in [2.45, 2.75) is 25.8 Å². The second kappa shape index (κ2) is 5.88. The van der Waals surface area contributed by atoms with Gasteiger partial charge in [-0.2, -0.15) is 0 Å². The Morgan fingerprint density at radius 2 is 2.00 bits per heavy atom. The highest BCUT2D eigenvalue weighted by Gasteiger charge is 2.27. The summed E-state index contributed by atoms with van der Waals surface area (Å²) < 4.78 is 23.1. The van der Waals surface area contributed by atoms with E-state index >= 15 is 0 Å². The Labute approximate surface area is 143 Å². The van der Waals surface area contributed by atoms with E-state index in [-0.39, 0.29) is 23.6 Å². The smallest absolute Gasteiger partial charge is 0.343 e. The molecule has 25 heavy (non-hydrogen) atoms. The highest BCUT2D eigenvalue weighted by Crippen LogP contribution is 2.37. The lowest BCUT2D eigenvalue weighted by atomic mass is 10.1. The zero-order valence-electron chi connectivity index (χ0n) is 13.7. The van der Waals surface area contributed by atoms with Crippen LogP contribution in [0.3, 0.4) is 0 Å². The molecule has 2 heterocycles. The third-order valence-electron chi connectivity index (χ3n) is 4.42. The van der Waals surface area contributed by atoms with Gasteiger partial charge in [0.25, 0.3) is 0 Å². The maximum absolute atomic E-state index is 14.6. The van der Waals surface area contributed by atoms with Crippen molar-refractivity contribution in [3.05, 3.63) is 64.5 Å². The predicted octanol–water partition coefficient (Wildman–Crippen LogP) is 3.44. The number of carbonyl (C=O) groups is 1. The molecule has 1 aliphatic rings. The van der Waals surface area contributed by atoms with Crippen LogP contribution in [0.15, 0.2) is 47.7 Å². The van der Waals surface area contributed by atoms with Gasteiger partial charge >= 0.3 is 5.97 Å². The molecular weight excluding hydrogens is 323 g/mol. The van der Waals surface area contributed by atoms with E-state index < -0.39 is 17.2 Å². The second-order valence-electron chi connectivity index (χ2n) is 6.14. The van der Waals surface area contributed by atoms with E-state index in [4.69, 9.17) is 4.74 Å². The number of pyridine rings is 1. The standard InChI is InChI=1S/C19H17FN2O3/c1-2-25-19(24)14-11-22(12-5-6-12)16-10-17(21-7-3-4-8-21)15(20)9-13(16)18(14)23/h3-4,7-12H,2,5-6H2,1H3. The molecule has 0 N–H and O–H groups in total. The number of rotatable bonds is 4. The molecule has 1 saturated carbocycles. The zero-order chi connectivity index (χ0) is 17.6. The monoisotopic (exact) mass is 340 g/mol. The van der Waals surface area contributed by atoms with Crippen molar-refractivity contribution >= 4 is 16.9 Å². The van der Waals surface area contributed by atoms with Gasteiger partial charge in [-0.3, -0.25) is 4.79 Å². The van der Waals surface area contributed by atoms with E-state index in [2.05, 4.69) is 0 Å². The van der Waals surface area contributed by atoms with Crippen molar-refractivity contribution in [3.63, 3.8) is 0 Å². The van der Waals surface area contributed by atoms with Gasteiger partial charge < -0.3 is 13.9 Å². The lowest BCUT2D eigenvalue weighted by molar-refractivity contribution is 0.0524. The summed E-state index contributed by atoms with van der Waals surface area (Å²) in [6.07, 6.45) is 6.98. The van der Waals surface area contributed by atoms with Crippen LogP contribution in [0.25, 0.3) is 16.6 Å². The number of aromatic nitrogens is 2. The number of carbonyl (C=O) groups excluding carboxylic acids is 1. The van der Waals surface area contributed by atoms with Crippen LogP contribution in [0.5, 0.6) is 0 Å². The summed E-state index contributed by atoms with van der Waals surface area (Å²) in [6, 6.07) is 6.72. The third-order valence-corrected chi connectivity index (χ3v) is 4.42. The molecule has 0 saturated heterocycles. The van der Waals surface area contributed by atoms with Gasteiger partial charge in [-0.25, -0.2) is 9.18 Å². The molecule has 0 atom stereocenters. The van der Waals surface area contributed by atoms with E-state index in [1.165, 1.54) is 6.07 Å². The number of ether oxygens (including phenoxy) is 1. The molecule has 5 nitrogen and oxygen atoms in total. The lowest BCUT2D eigenvalue weighted by Crippen LogP contribution is -2.21. The molecule has 1 aromatic carbocycles. The van der Waals surface area contributed by atoms with Gasteiger partial charge in [0.2, 0.25) is 5.43 Å². The Kier molecular flexibility index (Phi) is 3.67. The van der Waals surface area contributed by atoms with E-state index in [1.54, 1.807) is 36.1 Å². The summed E-state index contributed by atoms with van der Waals surface area (Å²) in [5.74, 6) is -1.18. The molecular formula is C19H17FN2O3. The first kappa shape index (κ1) is 15.6. The Hall–Kier alpha value is -2.89. The summed E-state index contributed by atoms with van der Waals surface area (Å²) in [5.41, 5.74) is 0.457. The number of halogens is 1. The van der Waals surface area contributed by atoms with Crippen molar-refractivity contribution in [2.75, 3.05) is 6.61 Å². The van der Waals surface area contributed by atoms with Crippen LogP contribution >= 0.6 is 0 Å². The van der Waals surface area contributed by atoms with E-state index in [9.17, 15) is 14.0 Å². The predicted molar refractivity (Wildman–Crippen MR) is 91.7 cm³/mol. The minimum atomic E-state index is -0.668. The van der Waals surface area contributed by atoms with Gasteiger partial charge in [-0.15, -0.1) is 0 Å². The van der Waals surface area contributed by atoms with E-state index in [0.29, 0.717) is 11.2 Å². The molecule has 0 aliphatic heterocycles. The van der Waals surface area contributed by atoms with Gasteiger partial charge in [0, 0.05) is 30.0 Å². The van der Waals surface area contributed by atoms with E-state index in [0.717, 1.165) is 12.8 Å². The van der Waals surface area contributed by atoms with Crippen molar-refractivity contribution in [1.29, 1.82) is 0 Å². The summed E-state index contributed by atoms with van der Waals surface area (Å²) in [4.78, 5) is 24.8. The molecule has 1 fully saturated rings. The molecule has 0 unspecified atom stereocenters. The molecule has 0 bridgehead atoms. The van der Waals surface area contributed by atoms with Crippen molar-refractivity contribution in [2.24, 2.45) is 0 Å². The number of fused-ring (bicyclic) bond motifs is 1. The van der Waals surface area contributed by atoms with Crippen molar-refractivity contribution < 1.29 is 13.9 Å². The van der Waals surface area contributed by atoms with Gasteiger partial charge in [0.05, 0.1) is 17.8 Å². The number of hydrogen-bond acceptors (Lipinski definition) is 3. The quantitative estimate of drug-likeness (QED) is 0.684. The largest absolute Gasteiger partial charge is 0.462 e. The van der Waals surface area contributed by atoms with Crippen LogP contribution in [0.2, 0.25) is 0 Å². The molecule has 128 valence electrons. The first-order chi connectivity index (χ1) is 12.1. The highest BCUT2D eigenvalue weighted by molar-refractivity contribution is 5.94. The average Bonchev–Trinajstić information content (AvgIpc) is 3.29. The maximum atomic E-state index is 14.6. The molecule has 2 aromatic heterocycles. The molecule has 3 aromatic rings. The number of benzene rings is 1. The fourth-order valence-corrected chi connectivity index (χ4v) is 3.06. The summed E-state index contributed by atoms with van der Waals surface area (Å²) in [5, 5.41) is 0.200. The molecule has 1 aliphatic carbocycles. The molecule has 6 heteroatoms. The highest BCUT2D eigenvalue weighted by atomic mass is 19.1. The van der Waals surface area contributed by atoms with Crippen LogP contribution < -0.4 is 5.43 Å². The minimum Gasteiger partial charge on any atom is -0.462 e. The summed E-state index contributed by atoms with van der Waals surface area (Å²) in [7, 11) is 0. The van der Waals surface area contributed by atoms with Crippen LogP contribution in [-0.4, -0.2) is 21.7 Å². The fraction of sp³-hybridized carbons (Fsp3) is 0.263. The Morgan fingerprint density at radius 1 is 1.28 bits per heavy atom. The number of hydrogen-bond donors (Lipinski definition) is 0. The summed E-state index contributed by atoms with van der Waals surface area (Å²) in [6.45, 7) is 1.86. The second-order valence-corrected chi connectivity index (χ2v) is 6.14. The maximum Gasteiger partial charge on any atom is 0.343 e. The van der Waals surface area contributed by atoms with Crippen molar-refractivity contribution in [3.8, 4) is 5.69 Å². The van der Waals surface area contributed by atoms with E-state index in [1.807, 2.05) is 16.7 Å². The summed E-state index contributed by atoms with van der Waals surface area (Å²) >= 11 is 0. The molecule has 0 amide bonds. The van der Waals surface area contributed by atoms with Gasteiger partial charge in [-0.1, -0.05) is 0 Å². The topological polar surface area (TPSA) is 53.2 Å². The van der Waals surface area contributed by atoms with Crippen LogP contribution in [0.4, 0.5) is 4.39 Å². The Morgan fingerprint density at radius 3 is 2.64 bits per heavy atom.